The van der Waals surface area contributed by atoms with Crippen LogP contribution in [0.25, 0.3) is 0 Å². The Labute approximate surface area is 164 Å². The third-order valence-corrected chi connectivity index (χ3v) is 5.50. The summed E-state index contributed by atoms with van der Waals surface area (Å²) >= 11 is 5.88. The van der Waals surface area contributed by atoms with Crippen LogP contribution in [0.5, 0.6) is 0 Å². The molecule has 0 radical (unpaired) electrons. The fourth-order valence-corrected chi connectivity index (χ4v) is 3.84. The molecule has 0 bridgehead atoms. The summed E-state index contributed by atoms with van der Waals surface area (Å²) in [6, 6.07) is 6.84. The topological polar surface area (TPSA) is 69.7 Å². The van der Waals surface area contributed by atoms with Crippen molar-refractivity contribution in [3.63, 3.8) is 0 Å². The molecule has 6 nitrogen and oxygen atoms in total. The molecule has 1 aromatic carbocycles. The van der Waals surface area contributed by atoms with Crippen LogP contribution in [0.15, 0.2) is 24.3 Å². The molecule has 1 aromatic rings. The van der Waals surface area contributed by atoms with E-state index in [1.165, 1.54) is 0 Å². The molecule has 3 rings (SSSR count). The van der Waals surface area contributed by atoms with Gasteiger partial charge in [0.15, 0.2) is 0 Å². The molecule has 0 unspecified atom stereocenters. The van der Waals surface area contributed by atoms with Crippen LogP contribution in [0.4, 0.5) is 0 Å². The molecular formula is C20H26ClN3O3. The average molecular weight is 392 g/mol. The van der Waals surface area contributed by atoms with Crippen molar-refractivity contribution >= 4 is 29.3 Å². The summed E-state index contributed by atoms with van der Waals surface area (Å²) in [5.74, 6) is -0.0264. The second-order valence-corrected chi connectivity index (χ2v) is 7.66. The molecule has 2 aliphatic rings. The number of halogens is 1. The number of hydrogen-bond acceptors (Lipinski definition) is 3. The highest BCUT2D eigenvalue weighted by Crippen LogP contribution is 2.20. The van der Waals surface area contributed by atoms with E-state index in [0.717, 1.165) is 32.2 Å². The van der Waals surface area contributed by atoms with Gasteiger partial charge in [-0.15, -0.1) is 0 Å². The second-order valence-electron chi connectivity index (χ2n) is 7.23. The van der Waals surface area contributed by atoms with Gasteiger partial charge in [-0.1, -0.05) is 11.6 Å². The number of amides is 3. The van der Waals surface area contributed by atoms with E-state index in [1.54, 1.807) is 29.2 Å². The number of rotatable bonds is 6. The number of likely N-dealkylation sites (tertiary alicyclic amines) is 2. The molecule has 0 saturated carbocycles. The molecule has 2 aliphatic heterocycles. The van der Waals surface area contributed by atoms with E-state index in [9.17, 15) is 14.4 Å². The Bertz CT molecular complexity index is 692. The van der Waals surface area contributed by atoms with E-state index in [4.69, 9.17) is 11.6 Å². The van der Waals surface area contributed by atoms with Gasteiger partial charge in [-0.3, -0.25) is 14.4 Å². The van der Waals surface area contributed by atoms with Crippen LogP contribution in [0.2, 0.25) is 5.02 Å². The van der Waals surface area contributed by atoms with E-state index >= 15 is 0 Å². The van der Waals surface area contributed by atoms with Gasteiger partial charge >= 0.3 is 0 Å². The van der Waals surface area contributed by atoms with Crippen molar-refractivity contribution in [2.75, 3.05) is 32.7 Å². The highest BCUT2D eigenvalue weighted by Gasteiger charge is 2.28. The predicted molar refractivity (Wildman–Crippen MR) is 104 cm³/mol. The monoisotopic (exact) mass is 391 g/mol. The lowest BCUT2D eigenvalue weighted by Gasteiger charge is -2.32. The second kappa shape index (κ2) is 9.22. The van der Waals surface area contributed by atoms with Gasteiger partial charge in [0, 0.05) is 49.7 Å². The van der Waals surface area contributed by atoms with Crippen molar-refractivity contribution in [1.29, 1.82) is 0 Å². The first kappa shape index (κ1) is 19.7. The summed E-state index contributed by atoms with van der Waals surface area (Å²) in [6.07, 6.45) is 3.95. The van der Waals surface area contributed by atoms with Crippen LogP contribution in [-0.4, -0.2) is 60.2 Å². The number of benzene rings is 1. The van der Waals surface area contributed by atoms with Gasteiger partial charge in [-0.05, 0) is 49.9 Å². The fourth-order valence-electron chi connectivity index (χ4n) is 3.72. The molecule has 1 atom stereocenters. The smallest absolute Gasteiger partial charge is 0.253 e. The molecule has 0 aromatic heterocycles. The average Bonchev–Trinajstić information content (AvgIpc) is 3.10. The van der Waals surface area contributed by atoms with E-state index in [2.05, 4.69) is 5.32 Å². The van der Waals surface area contributed by atoms with Crippen molar-refractivity contribution in [2.45, 2.75) is 32.1 Å². The highest BCUT2D eigenvalue weighted by atomic mass is 35.5. The largest absolute Gasteiger partial charge is 0.356 e. The number of hydrogen-bond donors (Lipinski definition) is 1. The van der Waals surface area contributed by atoms with E-state index in [-0.39, 0.29) is 23.6 Å². The fraction of sp³-hybridized carbons (Fsp3) is 0.550. The number of nitrogens with zero attached hydrogens (tertiary/aromatic N) is 2. The minimum absolute atomic E-state index is 0.00338. The van der Waals surface area contributed by atoms with Crippen LogP contribution in [0.3, 0.4) is 0 Å². The minimum atomic E-state index is -0.177. The lowest BCUT2D eigenvalue weighted by molar-refractivity contribution is -0.127. The van der Waals surface area contributed by atoms with E-state index in [1.807, 2.05) is 4.90 Å². The van der Waals surface area contributed by atoms with Crippen LogP contribution in [0, 0.1) is 5.92 Å². The first-order valence-corrected chi connectivity index (χ1v) is 10.0. The number of carbonyl (C=O) groups is 3. The summed E-state index contributed by atoms with van der Waals surface area (Å²) in [5, 5.41) is 3.56. The molecular weight excluding hydrogens is 366 g/mol. The highest BCUT2D eigenvalue weighted by molar-refractivity contribution is 6.30. The van der Waals surface area contributed by atoms with Gasteiger partial charge in [0.05, 0.1) is 5.92 Å². The van der Waals surface area contributed by atoms with Crippen molar-refractivity contribution < 1.29 is 14.4 Å². The first-order chi connectivity index (χ1) is 13.0. The molecule has 3 amide bonds. The Morgan fingerprint density at radius 2 is 1.93 bits per heavy atom. The van der Waals surface area contributed by atoms with Gasteiger partial charge in [0.25, 0.3) is 5.91 Å². The van der Waals surface area contributed by atoms with E-state index < -0.39 is 0 Å². The molecule has 0 spiro atoms. The van der Waals surface area contributed by atoms with Gasteiger partial charge in [0.1, 0.15) is 0 Å². The molecule has 1 N–H and O–H groups in total. The maximum absolute atomic E-state index is 12.6. The predicted octanol–water partition coefficient (Wildman–Crippen LogP) is 2.32. The maximum Gasteiger partial charge on any atom is 0.253 e. The molecule has 2 saturated heterocycles. The molecule has 27 heavy (non-hydrogen) atoms. The molecule has 146 valence electrons. The summed E-state index contributed by atoms with van der Waals surface area (Å²) in [7, 11) is 0. The van der Waals surface area contributed by atoms with Crippen molar-refractivity contribution in [3.05, 3.63) is 34.9 Å². The van der Waals surface area contributed by atoms with Gasteiger partial charge < -0.3 is 15.1 Å². The van der Waals surface area contributed by atoms with Crippen LogP contribution in [0.1, 0.15) is 42.5 Å². The molecule has 2 heterocycles. The zero-order valence-electron chi connectivity index (χ0n) is 15.5. The lowest BCUT2D eigenvalue weighted by atomic mass is 9.96. The van der Waals surface area contributed by atoms with Crippen molar-refractivity contribution in [1.82, 2.24) is 15.1 Å². The summed E-state index contributed by atoms with van der Waals surface area (Å²) < 4.78 is 0. The summed E-state index contributed by atoms with van der Waals surface area (Å²) in [5.41, 5.74) is 0.593. The maximum atomic E-state index is 12.6. The van der Waals surface area contributed by atoms with Gasteiger partial charge in [-0.25, -0.2) is 0 Å². The Hall–Kier alpha value is -2.08. The Balaban J connectivity index is 1.44. The number of piperidine rings is 1. The quantitative estimate of drug-likeness (QED) is 0.756. The van der Waals surface area contributed by atoms with E-state index in [0.29, 0.717) is 43.2 Å². The Kier molecular flexibility index (Phi) is 6.72. The normalized spacial score (nSPS) is 20.0. The third kappa shape index (κ3) is 5.22. The third-order valence-electron chi connectivity index (χ3n) is 5.25. The number of carbonyl (C=O) groups excluding carboxylic acids is 3. The van der Waals surface area contributed by atoms with Gasteiger partial charge in [-0.2, -0.15) is 0 Å². The Morgan fingerprint density at radius 1 is 1.15 bits per heavy atom. The lowest BCUT2D eigenvalue weighted by Crippen LogP contribution is -2.45. The molecule has 7 heteroatoms. The SMILES string of the molecule is O=C(NCCCN1CCCC1=O)[C@H]1CCCN(C(=O)c2ccc(Cl)cc2)C1. The van der Waals surface area contributed by atoms with Crippen LogP contribution < -0.4 is 5.32 Å². The molecule has 2 fully saturated rings. The molecule has 0 aliphatic carbocycles. The first-order valence-electron chi connectivity index (χ1n) is 9.65. The van der Waals surface area contributed by atoms with Crippen LogP contribution in [-0.2, 0) is 9.59 Å². The summed E-state index contributed by atoms with van der Waals surface area (Å²) in [6.45, 7) is 3.20. The zero-order valence-corrected chi connectivity index (χ0v) is 16.2. The van der Waals surface area contributed by atoms with Crippen LogP contribution >= 0.6 is 11.6 Å². The number of nitrogens with one attached hydrogen (secondary N) is 1. The summed E-state index contributed by atoms with van der Waals surface area (Å²) in [4.78, 5) is 40.3. The van der Waals surface area contributed by atoms with Crippen molar-refractivity contribution in [3.8, 4) is 0 Å². The Morgan fingerprint density at radius 3 is 2.63 bits per heavy atom. The zero-order chi connectivity index (χ0) is 19.2. The minimum Gasteiger partial charge on any atom is -0.356 e. The standard InChI is InChI=1S/C20H26ClN3O3/c21-17-8-6-15(7-9-17)20(27)24-12-1-4-16(14-24)19(26)22-10-3-13-23-11-2-5-18(23)25/h6-9,16H,1-5,10-14H2,(H,22,26)/t16-/m0/s1. The van der Waals surface area contributed by atoms with Gasteiger partial charge in [0.2, 0.25) is 11.8 Å². The van der Waals surface area contributed by atoms with Crippen molar-refractivity contribution in [2.24, 2.45) is 5.92 Å².